The van der Waals surface area contributed by atoms with E-state index in [-0.39, 0.29) is 11.9 Å². The van der Waals surface area contributed by atoms with E-state index in [0.29, 0.717) is 30.9 Å². The number of amides is 1. The standard InChI is InChI=1S/C16H23NO4/c1-5-20-16(19)13-8-6-7-9-17(13)15(18)14-10(2)11(3)21-12(14)4/h13H,5-9H2,1-4H3. The predicted octanol–water partition coefficient (Wildman–Crippen LogP) is 2.76. The minimum absolute atomic E-state index is 0.125. The molecule has 1 atom stereocenters. The first kappa shape index (κ1) is 15.6. The molecular formula is C16H23NO4. The highest BCUT2D eigenvalue weighted by atomic mass is 16.5. The Morgan fingerprint density at radius 2 is 1.95 bits per heavy atom. The van der Waals surface area contributed by atoms with Gasteiger partial charge in [0.15, 0.2) is 0 Å². The number of aryl methyl sites for hydroxylation is 2. The second-order valence-electron chi connectivity index (χ2n) is 5.48. The van der Waals surface area contributed by atoms with Crippen molar-refractivity contribution >= 4 is 11.9 Å². The maximum absolute atomic E-state index is 12.8. The molecule has 116 valence electrons. The van der Waals surface area contributed by atoms with E-state index in [4.69, 9.17) is 9.15 Å². The van der Waals surface area contributed by atoms with Crippen LogP contribution in [0.3, 0.4) is 0 Å². The van der Waals surface area contributed by atoms with Gasteiger partial charge in [-0.25, -0.2) is 4.79 Å². The number of hydrogen-bond donors (Lipinski definition) is 0. The summed E-state index contributed by atoms with van der Waals surface area (Å²) in [5, 5.41) is 0. The fraction of sp³-hybridized carbons (Fsp3) is 0.625. The number of carbonyl (C=O) groups is 2. The average Bonchev–Trinajstić information content (AvgIpc) is 2.72. The van der Waals surface area contributed by atoms with E-state index >= 15 is 0 Å². The van der Waals surface area contributed by atoms with Crippen molar-refractivity contribution in [1.82, 2.24) is 4.90 Å². The summed E-state index contributed by atoms with van der Waals surface area (Å²) in [4.78, 5) is 26.6. The Kier molecular flexibility index (Phi) is 4.70. The minimum Gasteiger partial charge on any atom is -0.466 e. The molecule has 1 saturated heterocycles. The minimum atomic E-state index is -0.472. The van der Waals surface area contributed by atoms with E-state index in [0.717, 1.165) is 24.2 Å². The molecule has 1 fully saturated rings. The molecule has 1 unspecified atom stereocenters. The number of ether oxygens (including phenoxy) is 1. The first-order valence-corrected chi connectivity index (χ1v) is 7.51. The van der Waals surface area contributed by atoms with Gasteiger partial charge in [-0.15, -0.1) is 0 Å². The Hall–Kier alpha value is -1.78. The van der Waals surface area contributed by atoms with Crippen LogP contribution in [0.1, 0.15) is 53.6 Å². The maximum Gasteiger partial charge on any atom is 0.328 e. The van der Waals surface area contributed by atoms with Crippen LogP contribution in [0.25, 0.3) is 0 Å². The van der Waals surface area contributed by atoms with Gasteiger partial charge in [0.05, 0.1) is 12.2 Å². The highest BCUT2D eigenvalue weighted by molar-refractivity contribution is 5.99. The zero-order valence-corrected chi connectivity index (χ0v) is 13.2. The fourth-order valence-electron chi connectivity index (χ4n) is 2.91. The first-order chi connectivity index (χ1) is 9.97. The summed E-state index contributed by atoms with van der Waals surface area (Å²) in [6, 6.07) is -0.472. The van der Waals surface area contributed by atoms with Gasteiger partial charge in [0.1, 0.15) is 17.6 Å². The summed E-state index contributed by atoms with van der Waals surface area (Å²) in [5.41, 5.74) is 1.44. The molecule has 5 nitrogen and oxygen atoms in total. The molecule has 0 aromatic carbocycles. The Labute approximate surface area is 125 Å². The summed E-state index contributed by atoms with van der Waals surface area (Å²) in [6.07, 6.45) is 2.52. The van der Waals surface area contributed by atoms with E-state index in [1.54, 1.807) is 18.7 Å². The second kappa shape index (κ2) is 6.33. The van der Waals surface area contributed by atoms with Crippen molar-refractivity contribution in [2.45, 2.75) is 53.0 Å². The highest BCUT2D eigenvalue weighted by Gasteiger charge is 2.35. The van der Waals surface area contributed by atoms with Crippen molar-refractivity contribution in [2.75, 3.05) is 13.2 Å². The second-order valence-corrected chi connectivity index (χ2v) is 5.48. The Morgan fingerprint density at radius 3 is 2.52 bits per heavy atom. The maximum atomic E-state index is 12.8. The van der Waals surface area contributed by atoms with Crippen LogP contribution in [-0.4, -0.2) is 36.0 Å². The smallest absolute Gasteiger partial charge is 0.328 e. The van der Waals surface area contributed by atoms with Gasteiger partial charge in [-0.1, -0.05) is 0 Å². The van der Waals surface area contributed by atoms with Gasteiger partial charge in [-0.3, -0.25) is 4.79 Å². The van der Waals surface area contributed by atoms with Crippen LogP contribution in [-0.2, 0) is 9.53 Å². The van der Waals surface area contributed by atoms with Crippen LogP contribution >= 0.6 is 0 Å². The Bertz CT molecular complexity index is 547. The van der Waals surface area contributed by atoms with Gasteiger partial charge in [0.2, 0.25) is 0 Å². The van der Waals surface area contributed by atoms with Crippen molar-refractivity contribution in [3.63, 3.8) is 0 Å². The number of likely N-dealkylation sites (tertiary alicyclic amines) is 1. The van der Waals surface area contributed by atoms with Gasteiger partial charge in [0, 0.05) is 12.1 Å². The quantitative estimate of drug-likeness (QED) is 0.804. The molecule has 5 heteroatoms. The predicted molar refractivity (Wildman–Crippen MR) is 78.2 cm³/mol. The lowest BCUT2D eigenvalue weighted by molar-refractivity contribution is -0.149. The summed E-state index contributed by atoms with van der Waals surface area (Å²) < 4.78 is 10.6. The average molecular weight is 293 g/mol. The lowest BCUT2D eigenvalue weighted by atomic mass is 9.99. The van der Waals surface area contributed by atoms with Crippen LogP contribution in [0.2, 0.25) is 0 Å². The van der Waals surface area contributed by atoms with E-state index in [1.165, 1.54) is 0 Å². The lowest BCUT2D eigenvalue weighted by Gasteiger charge is -2.34. The van der Waals surface area contributed by atoms with Gasteiger partial charge in [-0.2, -0.15) is 0 Å². The number of hydrogen-bond acceptors (Lipinski definition) is 4. The molecule has 0 N–H and O–H groups in total. The summed E-state index contributed by atoms with van der Waals surface area (Å²) in [5.74, 6) is 0.935. The monoisotopic (exact) mass is 293 g/mol. The molecule has 0 saturated carbocycles. The van der Waals surface area contributed by atoms with Gasteiger partial charge < -0.3 is 14.1 Å². The first-order valence-electron chi connectivity index (χ1n) is 7.51. The van der Waals surface area contributed by atoms with E-state index < -0.39 is 6.04 Å². The number of esters is 1. The van der Waals surface area contributed by atoms with Gasteiger partial charge >= 0.3 is 5.97 Å². The van der Waals surface area contributed by atoms with Crippen LogP contribution in [0.15, 0.2) is 4.42 Å². The summed E-state index contributed by atoms with van der Waals surface area (Å²) >= 11 is 0. The molecule has 1 aromatic heterocycles. The normalized spacial score (nSPS) is 18.7. The topological polar surface area (TPSA) is 59.8 Å². The van der Waals surface area contributed by atoms with Crippen molar-refractivity contribution in [3.05, 3.63) is 22.6 Å². The molecular weight excluding hydrogens is 270 g/mol. The fourth-order valence-corrected chi connectivity index (χ4v) is 2.91. The van der Waals surface area contributed by atoms with Gasteiger partial charge in [-0.05, 0) is 47.0 Å². The Balaban J connectivity index is 2.28. The summed E-state index contributed by atoms with van der Waals surface area (Å²) in [6.45, 7) is 8.21. The van der Waals surface area contributed by atoms with E-state index in [2.05, 4.69) is 0 Å². The van der Waals surface area contributed by atoms with Crippen molar-refractivity contribution in [2.24, 2.45) is 0 Å². The third kappa shape index (κ3) is 2.96. The van der Waals surface area contributed by atoms with Crippen molar-refractivity contribution < 1.29 is 18.7 Å². The van der Waals surface area contributed by atoms with Crippen LogP contribution < -0.4 is 0 Å². The van der Waals surface area contributed by atoms with E-state index in [1.807, 2.05) is 13.8 Å². The molecule has 1 aliphatic heterocycles. The SMILES string of the molecule is CCOC(=O)C1CCCCN1C(=O)c1c(C)oc(C)c1C. The number of rotatable bonds is 3. The molecule has 0 aliphatic carbocycles. The molecule has 1 amide bonds. The molecule has 1 aliphatic rings. The molecule has 21 heavy (non-hydrogen) atoms. The van der Waals surface area contributed by atoms with Crippen molar-refractivity contribution in [3.8, 4) is 0 Å². The van der Waals surface area contributed by atoms with Crippen LogP contribution in [0.5, 0.6) is 0 Å². The third-order valence-electron chi connectivity index (χ3n) is 4.10. The zero-order valence-electron chi connectivity index (χ0n) is 13.2. The van der Waals surface area contributed by atoms with E-state index in [9.17, 15) is 9.59 Å². The number of furan rings is 1. The zero-order chi connectivity index (χ0) is 15.6. The number of piperidine rings is 1. The lowest BCUT2D eigenvalue weighted by Crippen LogP contribution is -2.48. The molecule has 0 radical (unpaired) electrons. The summed E-state index contributed by atoms with van der Waals surface area (Å²) in [7, 11) is 0. The Morgan fingerprint density at radius 1 is 1.24 bits per heavy atom. The number of nitrogens with zero attached hydrogens (tertiary/aromatic N) is 1. The number of carbonyl (C=O) groups excluding carboxylic acids is 2. The van der Waals surface area contributed by atoms with Crippen LogP contribution in [0, 0.1) is 20.8 Å². The molecule has 1 aromatic rings. The largest absolute Gasteiger partial charge is 0.466 e. The molecule has 0 bridgehead atoms. The molecule has 0 spiro atoms. The molecule has 2 heterocycles. The van der Waals surface area contributed by atoms with Crippen molar-refractivity contribution in [1.29, 1.82) is 0 Å². The van der Waals surface area contributed by atoms with Crippen LogP contribution in [0.4, 0.5) is 0 Å². The third-order valence-corrected chi connectivity index (χ3v) is 4.10. The van der Waals surface area contributed by atoms with Gasteiger partial charge in [0.25, 0.3) is 5.91 Å². The molecule has 2 rings (SSSR count). The highest BCUT2D eigenvalue weighted by Crippen LogP contribution is 2.26.